The summed E-state index contributed by atoms with van der Waals surface area (Å²) in [5.74, 6) is 0. The van der Waals surface area contributed by atoms with Gasteiger partial charge in [-0.25, -0.2) is 0 Å². The van der Waals surface area contributed by atoms with Crippen molar-refractivity contribution in [3.05, 3.63) is 0 Å². The second kappa shape index (κ2) is 26.6. The normalized spacial score (nSPS) is 9.78. The molecule has 0 spiro atoms. The average Bonchev–Trinajstić information content (AvgIpc) is 2.57. The van der Waals surface area contributed by atoms with Crippen LogP contribution in [0.1, 0.15) is 105 Å². The number of hydrogen-bond donors (Lipinski definition) is 3. The molecule has 0 aromatic rings. The Morgan fingerprint density at radius 2 is 0.963 bits per heavy atom. The summed E-state index contributed by atoms with van der Waals surface area (Å²) in [6.07, 6.45) is 18.1. The van der Waals surface area contributed by atoms with E-state index in [2.05, 4.69) is 44.8 Å². The minimum absolute atomic E-state index is 0. The van der Waals surface area contributed by atoms with E-state index in [4.69, 9.17) is 4.79 Å². The Labute approximate surface area is 202 Å². The summed E-state index contributed by atoms with van der Waals surface area (Å²) in [6.45, 7) is 6.29. The van der Waals surface area contributed by atoms with Crippen molar-refractivity contribution in [1.29, 1.82) is 0 Å². The molecule has 0 aliphatic carbocycles. The first-order valence-electron chi connectivity index (χ1n) is 10.4. The van der Waals surface area contributed by atoms with Crippen LogP contribution in [0.2, 0.25) is 0 Å². The van der Waals surface area contributed by atoms with E-state index >= 15 is 0 Å². The number of carbonyl (C=O) groups is 2. The van der Waals surface area contributed by atoms with Crippen LogP contribution in [0.15, 0.2) is 0 Å². The fourth-order valence-corrected chi connectivity index (χ4v) is 3.02. The van der Waals surface area contributed by atoms with Gasteiger partial charge in [-0.2, -0.15) is 0 Å². The molecule has 0 rings (SSSR count). The van der Waals surface area contributed by atoms with E-state index in [1.807, 2.05) is 4.90 Å². The van der Waals surface area contributed by atoms with Gasteiger partial charge in [0.25, 0.3) is 10.5 Å². The van der Waals surface area contributed by atoms with E-state index < -0.39 is 5.24 Å². The summed E-state index contributed by atoms with van der Waals surface area (Å²) >= 11 is 7.13. The quantitative estimate of drug-likeness (QED) is 0.197. The standard InChI is InChI=1S/C19H39NOS.CH3NOS.Na.H/c1-3-5-7-9-11-13-15-17-20(19(21)22)18-16-14-12-10-8-6-4-2;2-1(3)4;;/h3-18H2,1-2H3,(H,21,22);(H3,2,3,4);;/q;;+1;-1. The molecule has 27 heavy (non-hydrogen) atoms. The maximum Gasteiger partial charge on any atom is 1.00 e. The molecule has 0 bridgehead atoms. The van der Waals surface area contributed by atoms with Gasteiger partial charge in [0, 0.05) is 13.1 Å². The van der Waals surface area contributed by atoms with Gasteiger partial charge >= 0.3 is 29.6 Å². The van der Waals surface area contributed by atoms with Crippen LogP contribution in [-0.2, 0) is 0 Å². The third kappa shape index (κ3) is 31.6. The van der Waals surface area contributed by atoms with Crippen molar-refractivity contribution in [2.75, 3.05) is 13.1 Å². The number of amides is 2. The van der Waals surface area contributed by atoms with Gasteiger partial charge in [0.2, 0.25) is 0 Å². The first-order chi connectivity index (χ1) is 12.5. The zero-order chi connectivity index (χ0) is 20.0. The van der Waals surface area contributed by atoms with Crippen LogP contribution < -0.4 is 35.3 Å². The zero-order valence-corrected chi connectivity index (χ0v) is 21.8. The summed E-state index contributed by atoms with van der Waals surface area (Å²) in [5.41, 5.74) is 4.34. The van der Waals surface area contributed by atoms with E-state index in [1.54, 1.807) is 0 Å². The molecule has 0 aliphatic rings. The summed E-state index contributed by atoms with van der Waals surface area (Å²) in [5, 5.41) is -0.683. The first kappa shape index (κ1) is 32.3. The molecule has 4 nitrogen and oxygen atoms in total. The van der Waals surface area contributed by atoms with Gasteiger partial charge in [-0.1, -0.05) is 116 Å². The van der Waals surface area contributed by atoms with Crippen molar-refractivity contribution >= 4 is 35.7 Å². The minimum atomic E-state index is -0.639. The second-order valence-electron chi connectivity index (χ2n) is 6.85. The summed E-state index contributed by atoms with van der Waals surface area (Å²) in [7, 11) is 0. The second-order valence-corrected chi connectivity index (χ2v) is 7.67. The van der Waals surface area contributed by atoms with E-state index in [9.17, 15) is 4.79 Å². The van der Waals surface area contributed by atoms with Crippen LogP contribution in [-0.4, -0.2) is 28.5 Å². The summed E-state index contributed by atoms with van der Waals surface area (Å²) in [4.78, 5) is 22.6. The number of carbonyl (C=O) groups excluding carboxylic acids is 2. The Hall–Kier alpha value is 0.640. The van der Waals surface area contributed by atoms with Crippen LogP contribution in [0.5, 0.6) is 0 Å². The molecule has 0 unspecified atom stereocenters. The van der Waals surface area contributed by atoms with Crippen molar-refractivity contribution in [2.45, 2.75) is 104 Å². The third-order valence-corrected chi connectivity index (χ3v) is 4.62. The predicted molar refractivity (Wildman–Crippen MR) is 122 cm³/mol. The molecular formula is C20H43N2NaO2S2. The Morgan fingerprint density at radius 3 is 1.22 bits per heavy atom. The molecule has 0 heterocycles. The molecule has 0 aliphatic heterocycles. The van der Waals surface area contributed by atoms with Gasteiger partial charge in [-0.3, -0.25) is 9.59 Å². The number of rotatable bonds is 16. The molecule has 0 atom stereocenters. The maximum atomic E-state index is 11.5. The first-order valence-corrected chi connectivity index (χ1v) is 11.3. The van der Waals surface area contributed by atoms with E-state index in [1.165, 1.54) is 77.0 Å². The molecule has 0 aromatic heterocycles. The van der Waals surface area contributed by atoms with Crippen molar-refractivity contribution in [1.82, 2.24) is 4.90 Å². The molecule has 0 saturated carbocycles. The van der Waals surface area contributed by atoms with Gasteiger partial charge < -0.3 is 12.1 Å². The van der Waals surface area contributed by atoms with Crippen LogP contribution in [0.3, 0.4) is 0 Å². The van der Waals surface area contributed by atoms with E-state index in [-0.39, 0.29) is 36.2 Å². The van der Waals surface area contributed by atoms with Crippen LogP contribution >= 0.6 is 25.3 Å². The van der Waals surface area contributed by atoms with Crippen molar-refractivity contribution < 1.29 is 40.6 Å². The number of hydrogen-bond acceptors (Lipinski definition) is 2. The average molecular weight is 431 g/mol. The number of unbranched alkanes of at least 4 members (excludes halogenated alkanes) is 12. The number of nitrogens with two attached hydrogens (primary N) is 1. The summed E-state index contributed by atoms with van der Waals surface area (Å²) < 4.78 is 0. The SMILES string of the molecule is CCCCCCCCCN(CCCCCCCCC)C(=O)S.NC(=O)S.[H-].[Na+]. The molecule has 158 valence electrons. The molecule has 0 aromatic carbocycles. The van der Waals surface area contributed by atoms with Gasteiger partial charge in [-0.15, -0.1) is 0 Å². The van der Waals surface area contributed by atoms with Crippen molar-refractivity contribution in [3.8, 4) is 0 Å². The molecule has 2 amide bonds. The number of thiol groups is 2. The van der Waals surface area contributed by atoms with Gasteiger partial charge in [-0.05, 0) is 12.8 Å². The predicted octanol–water partition coefficient (Wildman–Crippen LogP) is 3.95. The Morgan fingerprint density at radius 1 is 0.704 bits per heavy atom. The molecule has 0 saturated heterocycles. The molecule has 2 N–H and O–H groups in total. The largest absolute Gasteiger partial charge is 1.00 e. The molecular weight excluding hydrogens is 387 g/mol. The Balaban J connectivity index is -0.000000435. The minimum Gasteiger partial charge on any atom is -1.00 e. The molecule has 0 fully saturated rings. The van der Waals surface area contributed by atoms with Crippen molar-refractivity contribution in [2.24, 2.45) is 5.73 Å². The van der Waals surface area contributed by atoms with E-state index in [0.717, 1.165) is 25.9 Å². The smallest absolute Gasteiger partial charge is 1.00 e. The Kier molecular flexibility index (Phi) is 31.9. The molecule has 7 heteroatoms. The fourth-order valence-electron chi connectivity index (χ4n) is 2.82. The Bertz CT molecular complexity index is 319. The van der Waals surface area contributed by atoms with Crippen LogP contribution in [0, 0.1) is 0 Å². The number of primary amides is 1. The van der Waals surface area contributed by atoms with Gasteiger partial charge in [0.15, 0.2) is 0 Å². The zero-order valence-electron chi connectivity index (χ0n) is 19.0. The van der Waals surface area contributed by atoms with E-state index in [0.29, 0.717) is 0 Å². The summed E-state index contributed by atoms with van der Waals surface area (Å²) in [6, 6.07) is 0. The van der Waals surface area contributed by atoms with Crippen molar-refractivity contribution in [3.63, 3.8) is 0 Å². The number of nitrogens with zero attached hydrogens (tertiary/aromatic N) is 1. The van der Waals surface area contributed by atoms with Crippen LogP contribution in [0.4, 0.5) is 9.59 Å². The molecule has 0 radical (unpaired) electrons. The van der Waals surface area contributed by atoms with Gasteiger partial charge in [0.05, 0.1) is 0 Å². The van der Waals surface area contributed by atoms with Gasteiger partial charge in [0.1, 0.15) is 0 Å². The topological polar surface area (TPSA) is 63.4 Å². The third-order valence-electron chi connectivity index (χ3n) is 4.33. The van der Waals surface area contributed by atoms with Crippen LogP contribution in [0.25, 0.3) is 0 Å². The fraction of sp³-hybridized carbons (Fsp3) is 0.900. The monoisotopic (exact) mass is 430 g/mol. The maximum absolute atomic E-state index is 11.5.